The lowest BCUT2D eigenvalue weighted by atomic mass is 10.1. The Morgan fingerprint density at radius 3 is 2.48 bits per heavy atom. The Labute approximate surface area is 119 Å². The molecule has 2 fully saturated rings. The van der Waals surface area contributed by atoms with Crippen molar-refractivity contribution in [2.45, 2.75) is 37.6 Å². The molecule has 1 saturated heterocycles. The molecule has 0 bridgehead atoms. The van der Waals surface area contributed by atoms with Crippen LogP contribution in [0.15, 0.2) is 0 Å². The van der Waals surface area contributed by atoms with Crippen molar-refractivity contribution < 1.29 is 32.6 Å². The third-order valence-corrected chi connectivity index (χ3v) is 3.51. The summed E-state index contributed by atoms with van der Waals surface area (Å²) in [6, 6.07) is -1.37. The van der Waals surface area contributed by atoms with Crippen molar-refractivity contribution in [3.63, 3.8) is 0 Å². The highest BCUT2D eigenvalue weighted by atomic mass is 19.4. The molecule has 0 spiro atoms. The van der Waals surface area contributed by atoms with Gasteiger partial charge in [0.2, 0.25) is 0 Å². The summed E-state index contributed by atoms with van der Waals surface area (Å²) < 4.78 is 42.7. The third kappa shape index (κ3) is 4.76. The van der Waals surface area contributed by atoms with Gasteiger partial charge >= 0.3 is 18.2 Å². The molecule has 2 rings (SSSR count). The number of halogens is 3. The Balaban J connectivity index is 1.95. The molecule has 2 amide bonds. The highest BCUT2D eigenvalue weighted by Crippen LogP contribution is 2.38. The molecule has 2 N–H and O–H groups in total. The zero-order valence-electron chi connectivity index (χ0n) is 11.2. The number of nitrogens with zero attached hydrogens (tertiary/aromatic N) is 1. The summed E-state index contributed by atoms with van der Waals surface area (Å²) in [5, 5.41) is 11.1. The van der Waals surface area contributed by atoms with Crippen LogP contribution in [-0.4, -0.2) is 60.0 Å². The SMILES string of the molecule is O=C(O)CN(CC(F)(F)F)C(=O)NC1CCOC1C1CC1. The fourth-order valence-corrected chi connectivity index (χ4v) is 2.48. The number of carbonyl (C=O) groups is 2. The summed E-state index contributed by atoms with van der Waals surface area (Å²) in [6.45, 7) is -2.13. The molecule has 0 aromatic rings. The highest BCUT2D eigenvalue weighted by molar-refractivity contribution is 5.80. The molecule has 1 aliphatic carbocycles. The molecule has 0 aromatic carbocycles. The van der Waals surface area contributed by atoms with Crippen molar-refractivity contribution in [2.24, 2.45) is 5.92 Å². The normalized spacial score (nSPS) is 25.7. The number of alkyl halides is 3. The molecule has 2 unspecified atom stereocenters. The lowest BCUT2D eigenvalue weighted by Gasteiger charge is -2.26. The molecule has 2 aliphatic rings. The molecule has 0 radical (unpaired) electrons. The number of rotatable bonds is 5. The fourth-order valence-electron chi connectivity index (χ4n) is 2.48. The van der Waals surface area contributed by atoms with Crippen LogP contribution in [0.3, 0.4) is 0 Å². The van der Waals surface area contributed by atoms with Gasteiger partial charge in [0.1, 0.15) is 13.1 Å². The van der Waals surface area contributed by atoms with Gasteiger partial charge in [0, 0.05) is 6.61 Å². The van der Waals surface area contributed by atoms with Crippen LogP contribution in [0.2, 0.25) is 0 Å². The van der Waals surface area contributed by atoms with E-state index in [1.807, 2.05) is 0 Å². The summed E-state index contributed by atoms with van der Waals surface area (Å²) in [5.74, 6) is -1.15. The number of ether oxygens (including phenoxy) is 1. The molecule has 6 nitrogen and oxygen atoms in total. The number of nitrogens with one attached hydrogen (secondary N) is 1. The van der Waals surface area contributed by atoms with Crippen molar-refractivity contribution in [1.29, 1.82) is 0 Å². The van der Waals surface area contributed by atoms with Gasteiger partial charge in [0.05, 0.1) is 12.1 Å². The predicted octanol–water partition coefficient (Wildman–Crippen LogP) is 1.21. The molecule has 120 valence electrons. The maximum Gasteiger partial charge on any atom is 0.406 e. The summed E-state index contributed by atoms with van der Waals surface area (Å²) in [6.07, 6.45) is -2.32. The van der Waals surface area contributed by atoms with Gasteiger partial charge in [0.25, 0.3) is 0 Å². The molecular formula is C12H17F3N2O4. The molecule has 1 heterocycles. The Morgan fingerprint density at radius 1 is 1.29 bits per heavy atom. The topological polar surface area (TPSA) is 78.9 Å². The molecule has 1 aliphatic heterocycles. The molecule has 2 atom stereocenters. The minimum Gasteiger partial charge on any atom is -0.480 e. The van der Waals surface area contributed by atoms with Gasteiger partial charge in [-0.05, 0) is 25.2 Å². The Bertz CT molecular complexity index is 412. The summed E-state index contributed by atoms with van der Waals surface area (Å²) in [7, 11) is 0. The number of urea groups is 1. The summed E-state index contributed by atoms with van der Waals surface area (Å²) in [4.78, 5) is 22.8. The van der Waals surface area contributed by atoms with E-state index in [1.54, 1.807) is 0 Å². The first-order chi connectivity index (χ1) is 9.76. The van der Waals surface area contributed by atoms with E-state index in [4.69, 9.17) is 9.84 Å². The number of carbonyl (C=O) groups excluding carboxylic acids is 1. The predicted molar refractivity (Wildman–Crippen MR) is 64.7 cm³/mol. The van der Waals surface area contributed by atoms with Crippen LogP contribution in [0.4, 0.5) is 18.0 Å². The number of carboxylic acids is 1. The zero-order valence-corrected chi connectivity index (χ0v) is 11.2. The Morgan fingerprint density at radius 2 is 1.95 bits per heavy atom. The van der Waals surface area contributed by atoms with Gasteiger partial charge in [-0.1, -0.05) is 0 Å². The van der Waals surface area contributed by atoms with Crippen molar-refractivity contribution in [1.82, 2.24) is 10.2 Å². The first kappa shape index (κ1) is 15.9. The van der Waals surface area contributed by atoms with Gasteiger partial charge in [-0.15, -0.1) is 0 Å². The lowest BCUT2D eigenvalue weighted by molar-refractivity contribution is -0.149. The average molecular weight is 310 g/mol. The Kier molecular flexibility index (Phi) is 4.60. The first-order valence-electron chi connectivity index (χ1n) is 6.72. The quantitative estimate of drug-likeness (QED) is 0.800. The second-order valence-corrected chi connectivity index (χ2v) is 5.38. The maximum atomic E-state index is 12.4. The lowest BCUT2D eigenvalue weighted by Crippen LogP contribution is -2.51. The van der Waals surface area contributed by atoms with E-state index in [0.717, 1.165) is 12.8 Å². The monoisotopic (exact) mass is 310 g/mol. The second kappa shape index (κ2) is 6.08. The van der Waals surface area contributed by atoms with Crippen LogP contribution >= 0.6 is 0 Å². The van der Waals surface area contributed by atoms with E-state index in [1.165, 1.54) is 0 Å². The average Bonchev–Trinajstić information content (AvgIpc) is 3.07. The van der Waals surface area contributed by atoms with Crippen LogP contribution in [0.5, 0.6) is 0 Å². The van der Waals surface area contributed by atoms with Crippen molar-refractivity contribution in [3.05, 3.63) is 0 Å². The van der Waals surface area contributed by atoms with Gasteiger partial charge in [-0.25, -0.2) is 4.79 Å². The van der Waals surface area contributed by atoms with E-state index in [-0.39, 0.29) is 17.0 Å². The molecule has 1 saturated carbocycles. The van der Waals surface area contributed by atoms with Crippen LogP contribution in [0.25, 0.3) is 0 Å². The van der Waals surface area contributed by atoms with E-state index in [9.17, 15) is 22.8 Å². The largest absolute Gasteiger partial charge is 0.480 e. The molecular weight excluding hydrogens is 293 g/mol. The van der Waals surface area contributed by atoms with Crippen LogP contribution in [0.1, 0.15) is 19.3 Å². The number of hydrogen-bond donors (Lipinski definition) is 2. The fraction of sp³-hybridized carbons (Fsp3) is 0.833. The van der Waals surface area contributed by atoms with Gasteiger partial charge in [-0.3, -0.25) is 4.79 Å². The number of hydrogen-bond acceptors (Lipinski definition) is 3. The van der Waals surface area contributed by atoms with E-state index in [0.29, 0.717) is 18.9 Å². The van der Waals surface area contributed by atoms with Gasteiger partial charge in [-0.2, -0.15) is 13.2 Å². The van der Waals surface area contributed by atoms with Crippen LogP contribution in [0, 0.1) is 5.92 Å². The third-order valence-electron chi connectivity index (χ3n) is 3.51. The zero-order chi connectivity index (χ0) is 15.6. The van der Waals surface area contributed by atoms with Gasteiger partial charge in [0.15, 0.2) is 0 Å². The van der Waals surface area contributed by atoms with E-state index in [2.05, 4.69) is 5.32 Å². The summed E-state index contributed by atoms with van der Waals surface area (Å²) >= 11 is 0. The van der Waals surface area contributed by atoms with E-state index >= 15 is 0 Å². The number of carboxylic acid groups (broad SMARTS) is 1. The van der Waals surface area contributed by atoms with Crippen molar-refractivity contribution >= 4 is 12.0 Å². The number of amides is 2. The van der Waals surface area contributed by atoms with Crippen LogP contribution < -0.4 is 5.32 Å². The molecule has 21 heavy (non-hydrogen) atoms. The Hall–Kier alpha value is -1.51. The molecule has 9 heteroatoms. The maximum absolute atomic E-state index is 12.4. The summed E-state index contributed by atoms with van der Waals surface area (Å²) in [5.41, 5.74) is 0. The minimum absolute atomic E-state index is 0.175. The van der Waals surface area contributed by atoms with Gasteiger partial charge < -0.3 is 20.1 Å². The van der Waals surface area contributed by atoms with Crippen LogP contribution in [-0.2, 0) is 9.53 Å². The smallest absolute Gasteiger partial charge is 0.406 e. The van der Waals surface area contributed by atoms with Crippen molar-refractivity contribution in [3.8, 4) is 0 Å². The standard InChI is InChI=1S/C12H17F3N2O4/c13-12(14,15)6-17(5-9(18)19)11(20)16-8-3-4-21-10(8)7-1-2-7/h7-8,10H,1-6H2,(H,16,20)(H,18,19). The molecule has 0 aromatic heterocycles. The number of aliphatic carboxylic acids is 1. The minimum atomic E-state index is -4.64. The second-order valence-electron chi connectivity index (χ2n) is 5.38. The van der Waals surface area contributed by atoms with Crippen molar-refractivity contribution in [2.75, 3.05) is 19.7 Å². The first-order valence-corrected chi connectivity index (χ1v) is 6.72. The highest BCUT2D eigenvalue weighted by Gasteiger charge is 2.42. The van der Waals surface area contributed by atoms with E-state index < -0.39 is 31.3 Å².